The minimum absolute atomic E-state index is 0.0307. The summed E-state index contributed by atoms with van der Waals surface area (Å²) in [5, 5.41) is 11.7. The van der Waals surface area contributed by atoms with E-state index in [9.17, 15) is 9.59 Å². The number of carbonyl (C=O) groups is 2. The van der Waals surface area contributed by atoms with Gasteiger partial charge in [0.25, 0.3) is 0 Å². The number of aromatic nitrogens is 6. The van der Waals surface area contributed by atoms with E-state index in [0.717, 1.165) is 99.7 Å². The van der Waals surface area contributed by atoms with Crippen LogP contribution in [0.2, 0.25) is 0 Å². The minimum atomic E-state index is 0.0307. The van der Waals surface area contributed by atoms with Crippen molar-refractivity contribution in [3.05, 3.63) is 223 Å². The largest absolute Gasteiger partial charge is 0.351 e. The number of ketones is 2. The highest BCUT2D eigenvalue weighted by molar-refractivity contribution is 6.34. The van der Waals surface area contributed by atoms with E-state index in [1.807, 2.05) is 84.9 Å². The molecule has 8 heteroatoms. The van der Waals surface area contributed by atoms with E-state index in [2.05, 4.69) is 124 Å². The zero-order chi connectivity index (χ0) is 48.1. The summed E-state index contributed by atoms with van der Waals surface area (Å²) in [6.07, 6.45) is 1.59. The molecule has 15 aromatic rings. The number of H-pyrrole nitrogens is 1. The molecule has 3 heterocycles. The smallest absolute Gasteiger partial charge is 0.194 e. The van der Waals surface area contributed by atoms with Crippen LogP contribution in [0.15, 0.2) is 200 Å². The summed E-state index contributed by atoms with van der Waals surface area (Å²) in [4.78, 5) is 53.1. The van der Waals surface area contributed by atoms with Crippen molar-refractivity contribution in [1.82, 2.24) is 29.9 Å². The third-order valence-corrected chi connectivity index (χ3v) is 15.2. The van der Waals surface area contributed by atoms with Gasteiger partial charge in [-0.05, 0) is 80.2 Å². The first-order chi connectivity index (χ1) is 36.0. The van der Waals surface area contributed by atoms with Crippen LogP contribution < -0.4 is 0 Å². The number of hydrogen-bond donors (Lipinski definition) is 1. The molecule has 73 heavy (non-hydrogen) atoms. The topological polar surface area (TPSA) is 114 Å². The highest BCUT2D eigenvalue weighted by atomic mass is 16.1. The first-order valence-corrected chi connectivity index (χ1v) is 24.3. The van der Waals surface area contributed by atoms with Crippen molar-refractivity contribution in [1.29, 1.82) is 0 Å². The van der Waals surface area contributed by atoms with E-state index in [0.29, 0.717) is 11.1 Å². The second-order valence-corrected chi connectivity index (χ2v) is 19.0. The van der Waals surface area contributed by atoms with E-state index < -0.39 is 0 Å². The average Bonchev–Trinajstić information content (AvgIpc) is 4.13. The average molecular weight is 931 g/mol. The van der Waals surface area contributed by atoms with Gasteiger partial charge in [0.05, 0.1) is 55.5 Å². The predicted octanol–water partition coefficient (Wildman–Crippen LogP) is 15.2. The van der Waals surface area contributed by atoms with Crippen LogP contribution in [0, 0.1) is 0 Å². The number of nitrogens with zero attached hydrogens (tertiary/aromatic N) is 5. The number of carbonyl (C=O) groups excluding carboxylic acids is 2. The van der Waals surface area contributed by atoms with Crippen LogP contribution in [0.4, 0.5) is 0 Å². The first kappa shape index (κ1) is 39.8. The summed E-state index contributed by atoms with van der Waals surface area (Å²) in [5.74, 6) is 0.0613. The van der Waals surface area contributed by atoms with Crippen molar-refractivity contribution in [2.24, 2.45) is 0 Å². The maximum absolute atomic E-state index is 13.1. The molecule has 12 aromatic carbocycles. The fraction of sp³-hybridized carbons (Fsp3) is 0. The van der Waals surface area contributed by atoms with E-state index in [4.69, 9.17) is 15.0 Å². The summed E-state index contributed by atoms with van der Waals surface area (Å²) in [6.45, 7) is 0. The molecule has 0 spiro atoms. The minimum Gasteiger partial charge on any atom is -0.351 e. The number of hydrogen-bond acceptors (Lipinski definition) is 7. The molecule has 0 atom stereocenters. The van der Waals surface area contributed by atoms with E-state index in [1.54, 1.807) is 6.33 Å². The molecule has 8 nitrogen and oxygen atoms in total. The van der Waals surface area contributed by atoms with Gasteiger partial charge in [-0.25, -0.2) is 24.9 Å². The van der Waals surface area contributed by atoms with Crippen LogP contribution >= 0.6 is 0 Å². The molecular weight excluding hydrogens is 897 g/mol. The fourth-order valence-corrected chi connectivity index (χ4v) is 11.9. The van der Waals surface area contributed by atoms with Gasteiger partial charge in [-0.3, -0.25) is 9.59 Å². The third-order valence-electron chi connectivity index (χ3n) is 15.2. The molecule has 0 amide bonds. The summed E-state index contributed by atoms with van der Waals surface area (Å²) < 4.78 is 0. The molecule has 0 radical (unpaired) electrons. The van der Waals surface area contributed by atoms with Gasteiger partial charge in [-0.1, -0.05) is 158 Å². The molecule has 0 aliphatic heterocycles. The summed E-state index contributed by atoms with van der Waals surface area (Å²) >= 11 is 0. The lowest BCUT2D eigenvalue weighted by Gasteiger charge is -2.26. The van der Waals surface area contributed by atoms with Crippen LogP contribution in [-0.2, 0) is 0 Å². The molecule has 3 aliphatic carbocycles. The van der Waals surface area contributed by atoms with Crippen molar-refractivity contribution in [3.8, 4) is 44.8 Å². The summed E-state index contributed by atoms with van der Waals surface area (Å²) in [6, 6.07) is 65.5. The summed E-state index contributed by atoms with van der Waals surface area (Å²) in [7, 11) is 0. The monoisotopic (exact) mass is 930 g/mol. The Hall–Kier alpha value is -10.1. The summed E-state index contributed by atoms with van der Waals surface area (Å²) in [5.41, 5.74) is 18.9. The van der Waals surface area contributed by atoms with Gasteiger partial charge in [0.2, 0.25) is 0 Å². The van der Waals surface area contributed by atoms with E-state index >= 15 is 0 Å². The second-order valence-electron chi connectivity index (χ2n) is 19.0. The Morgan fingerprint density at radius 1 is 0.315 bits per heavy atom. The van der Waals surface area contributed by atoms with Gasteiger partial charge in [0.1, 0.15) is 6.33 Å². The highest BCUT2D eigenvalue weighted by Gasteiger charge is 2.32. The van der Waals surface area contributed by atoms with Crippen molar-refractivity contribution >= 4 is 110 Å². The zero-order valence-electron chi connectivity index (χ0n) is 38.6. The number of fused-ring (bicyclic) bond motifs is 14. The third kappa shape index (κ3) is 5.63. The number of benzene rings is 11. The molecule has 0 fully saturated rings. The predicted molar refractivity (Wildman–Crippen MR) is 294 cm³/mol. The normalized spacial score (nSPS) is 12.7. The maximum Gasteiger partial charge on any atom is 0.194 e. The van der Waals surface area contributed by atoms with Gasteiger partial charge in [0.15, 0.2) is 11.6 Å². The quantitative estimate of drug-likeness (QED) is 0.151. The lowest BCUT2D eigenvalue weighted by atomic mass is 9.76. The molecule has 0 saturated heterocycles. The number of imidazole rings is 1. The van der Waals surface area contributed by atoms with Gasteiger partial charge in [-0.2, -0.15) is 0 Å². The SMILES string of the molecule is O=C1c2ccccc2-c2ccc3c4c(ccc1c24)-c1ccccc1C3=O.c1cc2cccc3c4[nH]c5cc6ncnc6cc5nc4c(c1)c23.c1ccc2cc3nc4c(nc3cc2c1)-c1cccc2cccc-4c12. The van der Waals surface area contributed by atoms with Crippen molar-refractivity contribution in [3.63, 3.8) is 0 Å². The fourth-order valence-electron chi connectivity index (χ4n) is 11.9. The molecule has 0 unspecified atom stereocenters. The molecule has 18 rings (SSSR count). The highest BCUT2D eigenvalue weighted by Crippen LogP contribution is 2.48. The number of nitrogens with one attached hydrogen (secondary N) is 1. The standard InChI is InChI=1S/C24H12O2.C22H12N2.C19H10N4/c25-23-17-7-3-1-5-13(17)15-9-11-20-22-16(10-12-19(23)21(15)22)14-6-2-4-8-18(14)24(20)26;1-2-6-15-12-19-18(11-14(15)5-1)23-21-16-9-3-7-13-8-4-10-17(20(13)16)22(21)24-19;1-3-10-4-2-6-12-17(10)11(5-1)18-19(12)23-16-8-14-13(20-9-21-14)7-15(16)22-18/h1-12H;1-12H;1-9,22H. The lowest BCUT2D eigenvalue weighted by molar-refractivity contribution is 0.103. The van der Waals surface area contributed by atoms with Crippen molar-refractivity contribution in [2.75, 3.05) is 0 Å². The van der Waals surface area contributed by atoms with E-state index in [-0.39, 0.29) is 11.6 Å². The van der Waals surface area contributed by atoms with Gasteiger partial charge < -0.3 is 4.98 Å². The van der Waals surface area contributed by atoms with Crippen LogP contribution in [0.25, 0.3) is 143 Å². The van der Waals surface area contributed by atoms with Gasteiger partial charge >= 0.3 is 0 Å². The Morgan fingerprint density at radius 2 is 0.781 bits per heavy atom. The Balaban J connectivity index is 0.0000000938. The molecule has 1 N–H and O–H groups in total. The van der Waals surface area contributed by atoms with Gasteiger partial charge in [-0.15, -0.1) is 0 Å². The Morgan fingerprint density at radius 3 is 1.37 bits per heavy atom. The first-order valence-electron chi connectivity index (χ1n) is 24.3. The van der Waals surface area contributed by atoms with Crippen LogP contribution in [0.5, 0.6) is 0 Å². The van der Waals surface area contributed by atoms with Gasteiger partial charge in [0, 0.05) is 65.7 Å². The van der Waals surface area contributed by atoms with Crippen molar-refractivity contribution < 1.29 is 9.59 Å². The molecule has 3 aliphatic rings. The maximum atomic E-state index is 13.1. The molecule has 0 bridgehead atoms. The Bertz CT molecular complexity index is 4680. The number of aromatic amines is 1. The lowest BCUT2D eigenvalue weighted by Crippen LogP contribution is -2.15. The molecule has 3 aromatic heterocycles. The Kier molecular flexibility index (Phi) is 8.03. The Labute approximate surface area is 414 Å². The molecule has 0 saturated carbocycles. The zero-order valence-corrected chi connectivity index (χ0v) is 38.6. The van der Waals surface area contributed by atoms with E-state index in [1.165, 1.54) is 54.2 Å². The van der Waals surface area contributed by atoms with Crippen LogP contribution in [-0.4, -0.2) is 41.5 Å². The van der Waals surface area contributed by atoms with Crippen LogP contribution in [0.3, 0.4) is 0 Å². The van der Waals surface area contributed by atoms with Crippen LogP contribution in [0.1, 0.15) is 31.8 Å². The molecule has 336 valence electrons. The molecular formula is C65H34N6O2. The number of rotatable bonds is 0. The second kappa shape index (κ2) is 14.7. The van der Waals surface area contributed by atoms with Crippen molar-refractivity contribution in [2.45, 2.75) is 0 Å².